The summed E-state index contributed by atoms with van der Waals surface area (Å²) in [7, 11) is 1.21. The second-order valence-electron chi connectivity index (χ2n) is 4.20. The summed E-state index contributed by atoms with van der Waals surface area (Å²) in [6.45, 7) is 4.00. The lowest BCUT2D eigenvalue weighted by Gasteiger charge is -2.09. The van der Waals surface area contributed by atoms with Crippen molar-refractivity contribution in [3.05, 3.63) is 47.7 Å². The summed E-state index contributed by atoms with van der Waals surface area (Å²) in [6, 6.07) is 7.81. The molecule has 124 valence electrons. The number of hydrogen-bond acceptors (Lipinski definition) is 4. The summed E-state index contributed by atoms with van der Waals surface area (Å²) in [6.07, 6.45) is -4.52. The van der Waals surface area contributed by atoms with Crippen molar-refractivity contribution in [3.63, 3.8) is 0 Å². The highest BCUT2D eigenvalue weighted by molar-refractivity contribution is 5.96. The molecule has 2 rings (SSSR count). The lowest BCUT2D eigenvalue weighted by atomic mass is 10.1. The van der Waals surface area contributed by atoms with Crippen LogP contribution in [0, 0.1) is 0 Å². The Bertz CT molecular complexity index is 685. The second kappa shape index (κ2) is 7.62. The van der Waals surface area contributed by atoms with Crippen LogP contribution in [0.2, 0.25) is 0 Å². The number of rotatable bonds is 2. The van der Waals surface area contributed by atoms with E-state index in [2.05, 4.69) is 9.72 Å². The average molecular weight is 326 g/mol. The van der Waals surface area contributed by atoms with Gasteiger partial charge in [-0.15, -0.1) is 0 Å². The zero-order chi connectivity index (χ0) is 17.6. The van der Waals surface area contributed by atoms with Crippen molar-refractivity contribution < 1.29 is 22.7 Å². The van der Waals surface area contributed by atoms with E-state index in [1.807, 2.05) is 13.8 Å². The molecule has 0 aliphatic rings. The van der Waals surface area contributed by atoms with Crippen molar-refractivity contribution in [2.24, 2.45) is 0 Å². The molecule has 23 heavy (non-hydrogen) atoms. The maximum absolute atomic E-state index is 12.6. The average Bonchev–Trinajstić information content (AvgIpc) is 2.55. The Morgan fingerprint density at radius 3 is 2.35 bits per heavy atom. The fraction of sp³-hybridized carbons (Fsp3) is 0.250. The van der Waals surface area contributed by atoms with Crippen molar-refractivity contribution in [1.29, 1.82) is 0 Å². The summed E-state index contributed by atoms with van der Waals surface area (Å²) in [5.41, 5.74) is 5.47. The number of methoxy groups -OCH3 is 1. The van der Waals surface area contributed by atoms with Gasteiger partial charge in [-0.1, -0.05) is 26.0 Å². The molecule has 0 saturated heterocycles. The van der Waals surface area contributed by atoms with Gasteiger partial charge in [-0.2, -0.15) is 13.2 Å². The highest BCUT2D eigenvalue weighted by atomic mass is 19.4. The molecule has 0 bridgehead atoms. The van der Waals surface area contributed by atoms with Gasteiger partial charge in [0.15, 0.2) is 0 Å². The van der Waals surface area contributed by atoms with Crippen LogP contribution in [0.3, 0.4) is 0 Å². The topological polar surface area (TPSA) is 65.2 Å². The van der Waals surface area contributed by atoms with E-state index in [4.69, 9.17) is 5.73 Å². The molecule has 0 aliphatic carbocycles. The van der Waals surface area contributed by atoms with Gasteiger partial charge in [0.25, 0.3) is 0 Å². The minimum atomic E-state index is -4.52. The van der Waals surface area contributed by atoms with Gasteiger partial charge in [-0.05, 0) is 24.3 Å². The molecule has 0 radical (unpaired) electrons. The van der Waals surface area contributed by atoms with E-state index >= 15 is 0 Å². The van der Waals surface area contributed by atoms with E-state index < -0.39 is 17.8 Å². The minimum absolute atomic E-state index is 0.110. The van der Waals surface area contributed by atoms with Crippen LogP contribution in [0.15, 0.2) is 36.4 Å². The van der Waals surface area contributed by atoms with Crippen molar-refractivity contribution in [1.82, 2.24) is 4.98 Å². The molecule has 2 N–H and O–H groups in total. The van der Waals surface area contributed by atoms with Crippen molar-refractivity contribution in [2.45, 2.75) is 20.0 Å². The Kier molecular flexibility index (Phi) is 6.12. The smallest absolute Gasteiger partial charge is 0.433 e. The number of nitrogen functional groups attached to an aromatic ring is 1. The van der Waals surface area contributed by atoms with Gasteiger partial charge in [0.2, 0.25) is 0 Å². The molecule has 0 unspecified atom stereocenters. The summed E-state index contributed by atoms with van der Waals surface area (Å²) in [5.74, 6) is -0.615. The first-order valence-electron chi connectivity index (χ1n) is 6.85. The minimum Gasteiger partial charge on any atom is -0.465 e. The standard InChI is InChI=1S/C14H11F3N2O2.C2H6/c1-21-13(20)9-6-5-8(7-10(9)18)11-3-2-4-12(19-11)14(15,16)17;1-2/h2-7H,18H2,1H3;1-2H3. The molecule has 0 fully saturated rings. The first-order chi connectivity index (χ1) is 10.8. The van der Waals surface area contributed by atoms with Crippen LogP contribution in [0.25, 0.3) is 11.3 Å². The zero-order valence-corrected chi connectivity index (χ0v) is 12.9. The number of nitrogens with zero attached hydrogens (tertiary/aromatic N) is 1. The van der Waals surface area contributed by atoms with Gasteiger partial charge in [-0.3, -0.25) is 0 Å². The first kappa shape index (κ1) is 18.5. The predicted molar refractivity (Wildman–Crippen MR) is 81.8 cm³/mol. The Hall–Kier alpha value is -2.57. The highest BCUT2D eigenvalue weighted by Crippen LogP contribution is 2.30. The molecule has 4 nitrogen and oxygen atoms in total. The van der Waals surface area contributed by atoms with E-state index in [1.165, 1.54) is 37.4 Å². The second-order valence-corrected chi connectivity index (χ2v) is 4.20. The molecule has 2 aromatic rings. The molecule has 1 aromatic carbocycles. The lowest BCUT2D eigenvalue weighted by Crippen LogP contribution is -2.08. The Morgan fingerprint density at radius 2 is 1.83 bits per heavy atom. The Morgan fingerprint density at radius 1 is 1.17 bits per heavy atom. The van der Waals surface area contributed by atoms with E-state index in [1.54, 1.807) is 0 Å². The quantitative estimate of drug-likeness (QED) is 0.665. The number of alkyl halides is 3. The molecule has 7 heteroatoms. The van der Waals surface area contributed by atoms with Crippen molar-refractivity contribution in [2.75, 3.05) is 12.8 Å². The number of carbonyl (C=O) groups excluding carboxylic acids is 1. The fourth-order valence-corrected chi connectivity index (χ4v) is 1.77. The first-order valence-corrected chi connectivity index (χ1v) is 6.85. The molecule has 1 heterocycles. The molecule has 0 spiro atoms. The van der Waals surface area contributed by atoms with Gasteiger partial charge >= 0.3 is 12.1 Å². The highest BCUT2D eigenvalue weighted by Gasteiger charge is 2.32. The SMILES string of the molecule is CC.COC(=O)c1ccc(-c2cccc(C(F)(F)F)n2)cc1N. The maximum atomic E-state index is 12.6. The van der Waals surface area contributed by atoms with Gasteiger partial charge in [0, 0.05) is 11.3 Å². The van der Waals surface area contributed by atoms with Crippen LogP contribution in [0.5, 0.6) is 0 Å². The van der Waals surface area contributed by atoms with Gasteiger partial charge in [-0.25, -0.2) is 9.78 Å². The van der Waals surface area contributed by atoms with E-state index in [0.717, 1.165) is 6.07 Å². The van der Waals surface area contributed by atoms with E-state index in [-0.39, 0.29) is 16.9 Å². The summed E-state index contributed by atoms with van der Waals surface area (Å²) in [5, 5.41) is 0. The number of carbonyl (C=O) groups is 1. The summed E-state index contributed by atoms with van der Waals surface area (Å²) in [4.78, 5) is 15.0. The van der Waals surface area contributed by atoms with Crippen LogP contribution >= 0.6 is 0 Å². The number of benzene rings is 1. The molecule has 1 aromatic heterocycles. The monoisotopic (exact) mass is 326 g/mol. The van der Waals surface area contributed by atoms with E-state index in [9.17, 15) is 18.0 Å². The third-order valence-corrected chi connectivity index (χ3v) is 2.79. The third kappa shape index (κ3) is 4.45. The normalized spacial score (nSPS) is 10.5. The van der Waals surface area contributed by atoms with E-state index in [0.29, 0.717) is 5.56 Å². The molecular formula is C16H17F3N2O2. The predicted octanol–water partition coefficient (Wildman–Crippen LogP) is 4.16. The lowest BCUT2D eigenvalue weighted by molar-refractivity contribution is -0.141. The summed E-state index contributed by atoms with van der Waals surface area (Å²) >= 11 is 0. The van der Waals surface area contributed by atoms with Crippen LogP contribution in [-0.4, -0.2) is 18.1 Å². The van der Waals surface area contributed by atoms with Crippen molar-refractivity contribution >= 4 is 11.7 Å². The third-order valence-electron chi connectivity index (χ3n) is 2.79. The van der Waals surface area contributed by atoms with Crippen LogP contribution in [-0.2, 0) is 10.9 Å². The molecular weight excluding hydrogens is 309 g/mol. The number of esters is 1. The molecule has 0 saturated carbocycles. The van der Waals surface area contributed by atoms with Crippen LogP contribution < -0.4 is 5.73 Å². The molecule has 0 aliphatic heterocycles. The number of ether oxygens (including phenoxy) is 1. The number of halogens is 3. The number of nitrogens with two attached hydrogens (primary N) is 1. The zero-order valence-electron chi connectivity index (χ0n) is 12.9. The number of pyridine rings is 1. The molecule has 0 atom stereocenters. The molecule has 0 amide bonds. The van der Waals surface area contributed by atoms with Crippen molar-refractivity contribution in [3.8, 4) is 11.3 Å². The number of hydrogen-bond donors (Lipinski definition) is 1. The van der Waals surface area contributed by atoms with Gasteiger partial charge in [0.1, 0.15) is 5.69 Å². The fourth-order valence-electron chi connectivity index (χ4n) is 1.77. The van der Waals surface area contributed by atoms with Gasteiger partial charge in [0.05, 0.1) is 18.4 Å². The Labute approximate surface area is 132 Å². The number of anilines is 1. The summed E-state index contributed by atoms with van der Waals surface area (Å²) < 4.78 is 42.4. The largest absolute Gasteiger partial charge is 0.465 e. The Balaban J connectivity index is 0.00000127. The maximum Gasteiger partial charge on any atom is 0.433 e. The van der Waals surface area contributed by atoms with Crippen LogP contribution in [0.4, 0.5) is 18.9 Å². The van der Waals surface area contributed by atoms with Gasteiger partial charge < -0.3 is 10.5 Å². The number of aromatic nitrogens is 1. The van der Waals surface area contributed by atoms with Crippen LogP contribution in [0.1, 0.15) is 29.9 Å².